The van der Waals surface area contributed by atoms with Crippen LogP contribution in [0.4, 0.5) is 17.1 Å². The van der Waals surface area contributed by atoms with Gasteiger partial charge in [-0.3, -0.25) is 19.7 Å². The summed E-state index contributed by atoms with van der Waals surface area (Å²) in [4.78, 5) is 36.4. The molecular weight excluding hydrogens is 454 g/mol. The lowest BCUT2D eigenvalue weighted by Gasteiger charge is -2.12. The van der Waals surface area contributed by atoms with E-state index in [1.54, 1.807) is 18.2 Å². The Hall–Kier alpha value is -4.31. The summed E-state index contributed by atoms with van der Waals surface area (Å²) in [6.45, 7) is 0. The van der Waals surface area contributed by atoms with Gasteiger partial charge in [-0.2, -0.15) is 0 Å². The molecule has 168 valence electrons. The van der Waals surface area contributed by atoms with Crippen LogP contribution in [0.1, 0.15) is 20.7 Å². The Morgan fingerprint density at radius 1 is 1.06 bits per heavy atom. The number of amides is 2. The van der Waals surface area contributed by atoms with Gasteiger partial charge in [-0.15, -0.1) is 0 Å². The fraction of sp³-hybridized carbons (Fsp3) is 0.0909. The second-order valence-electron chi connectivity index (χ2n) is 6.84. The number of nitro groups is 1. The zero-order valence-electron chi connectivity index (χ0n) is 17.3. The topological polar surface area (TPSA) is 129 Å². The minimum Gasteiger partial charge on any atom is -0.493 e. The Labute approximate surface area is 192 Å². The number of benzene rings is 3. The number of methoxy groups -OCH3 is 2. The minimum atomic E-state index is -0.771. The average molecular weight is 470 g/mol. The summed E-state index contributed by atoms with van der Waals surface area (Å²) in [7, 11) is 2.68. The molecule has 0 saturated carbocycles. The average Bonchev–Trinajstić information content (AvgIpc) is 2.93. The molecule has 0 saturated heterocycles. The second kappa shape index (κ2) is 8.67. The first kappa shape index (κ1) is 21.9. The highest BCUT2D eigenvalue weighted by atomic mass is 35.5. The third-order valence-corrected chi connectivity index (χ3v) is 5.07. The first-order valence-corrected chi connectivity index (χ1v) is 9.83. The van der Waals surface area contributed by atoms with Crippen molar-refractivity contribution in [1.29, 1.82) is 0 Å². The fourth-order valence-corrected chi connectivity index (χ4v) is 3.44. The van der Waals surface area contributed by atoms with Gasteiger partial charge in [-0.05, 0) is 36.4 Å². The molecule has 33 heavy (non-hydrogen) atoms. The third kappa shape index (κ3) is 4.23. The van der Waals surface area contributed by atoms with E-state index in [1.807, 2.05) is 0 Å². The molecule has 10 nitrogen and oxygen atoms in total. The lowest BCUT2D eigenvalue weighted by Crippen LogP contribution is -2.16. The number of hydrogen-bond acceptors (Lipinski definition) is 7. The third-order valence-electron chi connectivity index (χ3n) is 4.83. The highest BCUT2D eigenvalue weighted by molar-refractivity contribution is 6.31. The van der Waals surface area contributed by atoms with Crippen LogP contribution in [-0.4, -0.2) is 31.0 Å². The van der Waals surface area contributed by atoms with Crippen molar-refractivity contribution in [3.05, 3.63) is 74.8 Å². The predicted octanol–water partition coefficient (Wildman–Crippen LogP) is 4.88. The molecule has 1 aliphatic rings. The summed E-state index contributed by atoms with van der Waals surface area (Å²) in [5.74, 6) is -0.307. The Balaban J connectivity index is 1.66. The number of halogens is 1. The number of nitro benzene ring substituents is 1. The molecule has 3 aromatic carbocycles. The number of nitrogens with zero attached hydrogens (tertiary/aromatic N) is 1. The van der Waals surface area contributed by atoms with Gasteiger partial charge in [0.05, 0.1) is 36.5 Å². The molecular formula is C22H16ClN3O7. The monoisotopic (exact) mass is 469 g/mol. The zero-order chi connectivity index (χ0) is 23.7. The lowest BCUT2D eigenvalue weighted by molar-refractivity contribution is -0.385. The molecule has 0 aromatic heterocycles. The number of rotatable bonds is 5. The highest BCUT2D eigenvalue weighted by Gasteiger charge is 2.26. The van der Waals surface area contributed by atoms with Gasteiger partial charge in [-0.1, -0.05) is 11.6 Å². The van der Waals surface area contributed by atoms with Gasteiger partial charge in [0, 0.05) is 16.8 Å². The van der Waals surface area contributed by atoms with Crippen molar-refractivity contribution in [3.63, 3.8) is 0 Å². The molecule has 1 aliphatic heterocycles. The number of ether oxygens (including phenoxy) is 3. The molecule has 2 N–H and O–H groups in total. The molecule has 2 amide bonds. The molecule has 0 radical (unpaired) electrons. The first-order chi connectivity index (χ1) is 15.8. The number of fused-ring (bicyclic) bond motifs is 2. The molecule has 4 rings (SSSR count). The van der Waals surface area contributed by atoms with Gasteiger partial charge >= 0.3 is 0 Å². The van der Waals surface area contributed by atoms with E-state index < -0.39 is 22.4 Å². The standard InChI is InChI=1S/C22H16ClN3O7/c1-31-19-9-13(16(26(29)30)10-20(19)32-2)21(27)24-12-4-6-17-14(8-12)22(28)25-15-7-11(23)3-5-18(15)33-17/h3-10H,1-2H3,(H,24,27)(H,25,28). The van der Waals surface area contributed by atoms with Crippen LogP contribution in [0.25, 0.3) is 0 Å². The van der Waals surface area contributed by atoms with Gasteiger partial charge in [0.15, 0.2) is 17.2 Å². The van der Waals surface area contributed by atoms with Crippen LogP contribution in [0.15, 0.2) is 48.5 Å². The number of carbonyl (C=O) groups excluding carboxylic acids is 2. The summed E-state index contributed by atoms with van der Waals surface area (Å²) in [5, 5.41) is 17.2. The van der Waals surface area contributed by atoms with Crippen molar-refractivity contribution in [1.82, 2.24) is 0 Å². The highest BCUT2D eigenvalue weighted by Crippen LogP contribution is 2.38. The predicted molar refractivity (Wildman–Crippen MR) is 120 cm³/mol. The summed E-state index contributed by atoms with van der Waals surface area (Å²) in [6.07, 6.45) is 0. The molecule has 1 heterocycles. The summed E-state index contributed by atoms with van der Waals surface area (Å²) in [5.41, 5.74) is 0.0754. The van der Waals surface area contributed by atoms with Crippen molar-refractivity contribution in [2.45, 2.75) is 0 Å². The zero-order valence-corrected chi connectivity index (χ0v) is 18.1. The van der Waals surface area contributed by atoms with Crippen molar-refractivity contribution < 1.29 is 28.7 Å². The van der Waals surface area contributed by atoms with Gasteiger partial charge < -0.3 is 24.8 Å². The quantitative estimate of drug-likeness (QED) is 0.402. The molecule has 0 atom stereocenters. The normalized spacial score (nSPS) is 11.8. The van der Waals surface area contributed by atoms with Gasteiger partial charge in [-0.25, -0.2) is 0 Å². The van der Waals surface area contributed by atoms with E-state index in [2.05, 4.69) is 10.6 Å². The fourth-order valence-electron chi connectivity index (χ4n) is 3.27. The van der Waals surface area contributed by atoms with Crippen LogP contribution in [0.2, 0.25) is 5.02 Å². The molecule has 0 unspecified atom stereocenters. The number of nitrogens with one attached hydrogen (secondary N) is 2. The van der Waals surface area contributed by atoms with E-state index >= 15 is 0 Å². The van der Waals surface area contributed by atoms with Crippen LogP contribution in [0.5, 0.6) is 23.0 Å². The second-order valence-corrected chi connectivity index (χ2v) is 7.28. The summed E-state index contributed by atoms with van der Waals surface area (Å²) >= 11 is 5.99. The van der Waals surface area contributed by atoms with E-state index in [1.165, 1.54) is 38.5 Å². The molecule has 3 aromatic rings. The SMILES string of the molecule is COc1cc(C(=O)Nc2ccc3c(c2)C(=O)Nc2cc(Cl)ccc2O3)c([N+](=O)[O-])cc1OC. The Bertz CT molecular complexity index is 1310. The maximum atomic E-state index is 12.9. The Kier molecular flexibility index (Phi) is 5.76. The molecule has 0 fully saturated rings. The van der Waals surface area contributed by atoms with Crippen molar-refractivity contribution in [2.75, 3.05) is 24.9 Å². The smallest absolute Gasteiger partial charge is 0.286 e. The van der Waals surface area contributed by atoms with Gasteiger partial charge in [0.1, 0.15) is 11.3 Å². The largest absolute Gasteiger partial charge is 0.493 e. The van der Waals surface area contributed by atoms with E-state index in [0.29, 0.717) is 16.5 Å². The molecule has 0 bridgehead atoms. The van der Waals surface area contributed by atoms with Crippen molar-refractivity contribution in [2.24, 2.45) is 0 Å². The van der Waals surface area contributed by atoms with E-state index in [-0.39, 0.29) is 34.1 Å². The van der Waals surface area contributed by atoms with E-state index in [9.17, 15) is 19.7 Å². The Morgan fingerprint density at radius 2 is 1.76 bits per heavy atom. The number of hydrogen-bond donors (Lipinski definition) is 2. The van der Waals surface area contributed by atoms with Crippen molar-refractivity contribution >= 4 is 40.5 Å². The molecule has 0 spiro atoms. The lowest BCUT2D eigenvalue weighted by atomic mass is 10.1. The van der Waals surface area contributed by atoms with Crippen LogP contribution < -0.4 is 24.8 Å². The maximum absolute atomic E-state index is 12.9. The minimum absolute atomic E-state index is 0.110. The van der Waals surface area contributed by atoms with E-state index in [0.717, 1.165) is 6.07 Å². The Morgan fingerprint density at radius 3 is 2.45 bits per heavy atom. The maximum Gasteiger partial charge on any atom is 0.286 e. The van der Waals surface area contributed by atoms with Crippen molar-refractivity contribution in [3.8, 4) is 23.0 Å². The summed E-state index contributed by atoms with van der Waals surface area (Å²) in [6, 6.07) is 11.6. The van der Waals surface area contributed by atoms with Gasteiger partial charge in [0.25, 0.3) is 17.5 Å². The number of anilines is 2. The van der Waals surface area contributed by atoms with Crippen LogP contribution in [0.3, 0.4) is 0 Å². The van der Waals surface area contributed by atoms with Crippen LogP contribution >= 0.6 is 11.6 Å². The van der Waals surface area contributed by atoms with E-state index in [4.69, 9.17) is 25.8 Å². The summed E-state index contributed by atoms with van der Waals surface area (Å²) < 4.78 is 16.0. The first-order valence-electron chi connectivity index (χ1n) is 9.45. The van der Waals surface area contributed by atoms with Crippen LogP contribution in [-0.2, 0) is 0 Å². The molecule has 0 aliphatic carbocycles. The number of carbonyl (C=O) groups is 2. The molecule has 11 heteroatoms. The van der Waals surface area contributed by atoms with Gasteiger partial charge in [0.2, 0.25) is 0 Å². The van der Waals surface area contributed by atoms with Crippen LogP contribution in [0, 0.1) is 10.1 Å².